The molecule has 1 heterocycles. The smallest absolute Gasteiger partial charge is 0.323 e. The molecule has 1 rings (SSSR count). The summed E-state index contributed by atoms with van der Waals surface area (Å²) < 4.78 is 5.38. The van der Waals surface area contributed by atoms with E-state index in [9.17, 15) is 0 Å². The van der Waals surface area contributed by atoms with Gasteiger partial charge in [0.25, 0.3) is 0 Å². The first-order valence-electron chi connectivity index (χ1n) is 6.32. The van der Waals surface area contributed by atoms with Crippen LogP contribution >= 0.6 is 0 Å². The Kier molecular flexibility index (Phi) is 6.23. The van der Waals surface area contributed by atoms with E-state index >= 15 is 0 Å². The van der Waals surface area contributed by atoms with E-state index in [1.54, 1.807) is 0 Å². The van der Waals surface area contributed by atoms with Gasteiger partial charge in [0.1, 0.15) is 0 Å². The molecule has 8 nitrogen and oxygen atoms in total. The van der Waals surface area contributed by atoms with Crippen molar-refractivity contribution in [1.29, 1.82) is 0 Å². The van der Waals surface area contributed by atoms with Gasteiger partial charge in [0.15, 0.2) is 0 Å². The highest BCUT2D eigenvalue weighted by atomic mass is 16.5. The fraction of sp³-hybridized carbons (Fsp3) is 0.727. The highest BCUT2D eigenvalue weighted by molar-refractivity contribution is 5.34. The third kappa shape index (κ3) is 5.23. The van der Waals surface area contributed by atoms with Gasteiger partial charge in [-0.15, -0.1) is 0 Å². The van der Waals surface area contributed by atoms with Crippen LogP contribution in [0.4, 0.5) is 11.9 Å². The maximum absolute atomic E-state index is 5.38. The topological polar surface area (TPSA) is 101 Å². The molecular weight excluding hydrogens is 246 g/mol. The molecule has 0 aliphatic carbocycles. The van der Waals surface area contributed by atoms with Crippen molar-refractivity contribution < 1.29 is 4.74 Å². The Hall–Kier alpha value is -1.67. The summed E-state index contributed by atoms with van der Waals surface area (Å²) in [4.78, 5) is 14.4. The monoisotopic (exact) mass is 269 g/mol. The van der Waals surface area contributed by atoms with Gasteiger partial charge in [-0.05, 0) is 27.4 Å². The number of nitrogens with two attached hydrogens (primary N) is 1. The average Bonchev–Trinajstić information content (AvgIpc) is 2.42. The van der Waals surface area contributed by atoms with Crippen LogP contribution in [0.15, 0.2) is 0 Å². The molecule has 0 aliphatic heterocycles. The van der Waals surface area contributed by atoms with Crippen molar-refractivity contribution in [1.82, 2.24) is 19.9 Å². The number of hydrogen-bond acceptors (Lipinski definition) is 8. The summed E-state index contributed by atoms with van der Waals surface area (Å²) in [5.41, 5.74) is 2.40. The first-order valence-corrected chi connectivity index (χ1v) is 6.32. The van der Waals surface area contributed by atoms with Gasteiger partial charge in [0.2, 0.25) is 11.9 Å². The molecule has 1 aromatic rings. The number of aromatic nitrogens is 3. The van der Waals surface area contributed by atoms with E-state index in [4.69, 9.17) is 10.6 Å². The minimum atomic E-state index is 0.268. The van der Waals surface area contributed by atoms with Gasteiger partial charge in [-0.2, -0.15) is 15.0 Å². The van der Waals surface area contributed by atoms with Crippen LogP contribution in [0.25, 0.3) is 0 Å². The fourth-order valence-electron chi connectivity index (χ4n) is 1.18. The number of hydrazine groups is 1. The number of likely N-dealkylation sites (N-methyl/N-ethyl adjacent to an activating group) is 1. The van der Waals surface area contributed by atoms with Crippen molar-refractivity contribution >= 4 is 11.9 Å². The lowest BCUT2D eigenvalue weighted by molar-refractivity contribution is 0.292. The van der Waals surface area contributed by atoms with Gasteiger partial charge in [0.05, 0.1) is 6.61 Å². The molecule has 1 unspecified atom stereocenters. The van der Waals surface area contributed by atoms with Gasteiger partial charge in [0, 0.05) is 12.6 Å². The van der Waals surface area contributed by atoms with E-state index in [-0.39, 0.29) is 12.0 Å². The maximum Gasteiger partial charge on any atom is 0.323 e. The van der Waals surface area contributed by atoms with Crippen LogP contribution in [-0.4, -0.2) is 53.1 Å². The van der Waals surface area contributed by atoms with E-state index in [1.165, 1.54) is 0 Å². The van der Waals surface area contributed by atoms with E-state index < -0.39 is 0 Å². The molecule has 0 saturated carbocycles. The van der Waals surface area contributed by atoms with Gasteiger partial charge in [-0.3, -0.25) is 5.43 Å². The summed E-state index contributed by atoms with van der Waals surface area (Å²) in [5.74, 6) is 6.05. The number of ether oxygens (including phenoxy) is 1. The molecule has 0 fully saturated rings. The van der Waals surface area contributed by atoms with Crippen molar-refractivity contribution in [3.8, 4) is 6.01 Å². The Morgan fingerprint density at radius 3 is 2.53 bits per heavy atom. The van der Waals surface area contributed by atoms with Crippen molar-refractivity contribution in [3.05, 3.63) is 0 Å². The standard InChI is InChI=1S/C11H23N7O/c1-5-6-19-11-15-9(14-10(16-11)17-12)13-7-8(2)18(3)4/h8H,5-7,12H2,1-4H3,(H2,13,14,15,16,17). The quantitative estimate of drug-likeness (QED) is 0.458. The Morgan fingerprint density at radius 2 is 1.95 bits per heavy atom. The van der Waals surface area contributed by atoms with Crippen LogP contribution in [0, 0.1) is 0 Å². The summed E-state index contributed by atoms with van der Waals surface area (Å²) in [5, 5.41) is 3.14. The zero-order valence-corrected chi connectivity index (χ0v) is 12.0. The molecule has 19 heavy (non-hydrogen) atoms. The summed E-state index contributed by atoms with van der Waals surface area (Å²) in [6.45, 7) is 5.39. The summed E-state index contributed by atoms with van der Waals surface area (Å²) in [7, 11) is 4.03. The number of anilines is 2. The predicted octanol–water partition coefficient (Wildman–Crippen LogP) is 0.308. The van der Waals surface area contributed by atoms with Crippen molar-refractivity contribution in [2.45, 2.75) is 26.3 Å². The first kappa shape index (κ1) is 15.4. The van der Waals surface area contributed by atoms with E-state index in [0.717, 1.165) is 6.42 Å². The van der Waals surface area contributed by atoms with E-state index in [2.05, 4.69) is 37.5 Å². The second-order valence-electron chi connectivity index (χ2n) is 4.45. The molecule has 0 aromatic carbocycles. The summed E-state index contributed by atoms with van der Waals surface area (Å²) in [6, 6.07) is 0.621. The minimum absolute atomic E-state index is 0.268. The van der Waals surface area contributed by atoms with Crippen LogP contribution in [0.2, 0.25) is 0 Å². The number of rotatable bonds is 8. The molecule has 0 amide bonds. The van der Waals surface area contributed by atoms with Crippen LogP contribution in [0.1, 0.15) is 20.3 Å². The Morgan fingerprint density at radius 1 is 1.26 bits per heavy atom. The largest absolute Gasteiger partial charge is 0.463 e. The lowest BCUT2D eigenvalue weighted by Crippen LogP contribution is -2.32. The molecule has 0 aliphatic rings. The van der Waals surface area contributed by atoms with Gasteiger partial charge in [-0.1, -0.05) is 6.92 Å². The van der Waals surface area contributed by atoms with Crippen LogP contribution in [-0.2, 0) is 0 Å². The van der Waals surface area contributed by atoms with Crippen LogP contribution in [0.5, 0.6) is 6.01 Å². The minimum Gasteiger partial charge on any atom is -0.463 e. The normalized spacial score (nSPS) is 12.3. The Bertz CT molecular complexity index is 385. The molecule has 1 atom stereocenters. The number of nitrogens with one attached hydrogen (secondary N) is 2. The molecule has 0 radical (unpaired) electrons. The first-order chi connectivity index (χ1) is 9.06. The van der Waals surface area contributed by atoms with Crippen molar-refractivity contribution in [3.63, 3.8) is 0 Å². The predicted molar refractivity (Wildman–Crippen MR) is 75.1 cm³/mol. The Labute approximate surface area is 113 Å². The molecule has 4 N–H and O–H groups in total. The van der Waals surface area contributed by atoms with Crippen molar-refractivity contribution in [2.75, 3.05) is 38.0 Å². The third-order valence-corrected chi connectivity index (χ3v) is 2.62. The van der Waals surface area contributed by atoms with Gasteiger partial charge in [-0.25, -0.2) is 5.84 Å². The highest BCUT2D eigenvalue weighted by Gasteiger charge is 2.09. The second kappa shape index (κ2) is 7.70. The number of hydrogen-bond donors (Lipinski definition) is 3. The summed E-state index contributed by atoms with van der Waals surface area (Å²) >= 11 is 0. The van der Waals surface area contributed by atoms with E-state index in [0.29, 0.717) is 25.1 Å². The van der Waals surface area contributed by atoms with E-state index in [1.807, 2.05) is 21.0 Å². The second-order valence-corrected chi connectivity index (χ2v) is 4.45. The lowest BCUT2D eigenvalue weighted by Gasteiger charge is -2.20. The molecule has 0 saturated heterocycles. The lowest BCUT2D eigenvalue weighted by atomic mass is 10.3. The average molecular weight is 269 g/mol. The maximum atomic E-state index is 5.38. The summed E-state index contributed by atoms with van der Waals surface area (Å²) in [6.07, 6.45) is 0.886. The SMILES string of the molecule is CCCOc1nc(NN)nc(NCC(C)N(C)C)n1. The zero-order valence-electron chi connectivity index (χ0n) is 12.0. The number of nitrogens with zero attached hydrogens (tertiary/aromatic N) is 4. The molecule has 108 valence electrons. The van der Waals surface area contributed by atoms with Crippen LogP contribution in [0.3, 0.4) is 0 Å². The fourth-order valence-corrected chi connectivity index (χ4v) is 1.18. The third-order valence-electron chi connectivity index (χ3n) is 2.62. The molecule has 8 heteroatoms. The zero-order chi connectivity index (χ0) is 14.3. The van der Waals surface area contributed by atoms with Gasteiger partial charge >= 0.3 is 6.01 Å². The van der Waals surface area contributed by atoms with Crippen LogP contribution < -0.4 is 21.3 Å². The highest BCUT2D eigenvalue weighted by Crippen LogP contribution is 2.10. The molecular formula is C11H23N7O. The number of nitrogen functional groups attached to an aromatic ring is 1. The Balaban J connectivity index is 2.70. The van der Waals surface area contributed by atoms with Crippen molar-refractivity contribution in [2.24, 2.45) is 5.84 Å². The molecule has 1 aromatic heterocycles. The molecule has 0 spiro atoms. The van der Waals surface area contributed by atoms with Gasteiger partial charge < -0.3 is 15.0 Å². The molecule has 0 bridgehead atoms.